The van der Waals surface area contributed by atoms with Gasteiger partial charge in [-0.15, -0.1) is 11.3 Å². The fourth-order valence-electron chi connectivity index (χ4n) is 3.01. The summed E-state index contributed by atoms with van der Waals surface area (Å²) in [6.45, 7) is 7.90. The van der Waals surface area contributed by atoms with Crippen molar-refractivity contribution in [2.24, 2.45) is 0 Å². The second kappa shape index (κ2) is 10.1. The summed E-state index contributed by atoms with van der Waals surface area (Å²) in [5.41, 5.74) is 1.06. The van der Waals surface area contributed by atoms with Crippen molar-refractivity contribution in [3.8, 4) is 0 Å². The van der Waals surface area contributed by atoms with Crippen LogP contribution in [0.2, 0.25) is 0 Å². The van der Waals surface area contributed by atoms with E-state index < -0.39 is 0 Å². The van der Waals surface area contributed by atoms with Crippen LogP contribution in [0.5, 0.6) is 0 Å². The van der Waals surface area contributed by atoms with E-state index in [-0.39, 0.29) is 25.2 Å². The molecule has 3 rings (SSSR count). The first-order valence-corrected chi connectivity index (χ1v) is 10.3. The Morgan fingerprint density at radius 1 is 1.32 bits per heavy atom. The quantitative estimate of drug-likeness (QED) is 0.651. The number of ether oxygens (including phenoxy) is 2. The zero-order valence-electron chi connectivity index (χ0n) is 16.6. The summed E-state index contributed by atoms with van der Waals surface area (Å²) in [5, 5.41) is 6.78. The Kier molecular flexibility index (Phi) is 7.49. The number of hydrogen-bond acceptors (Lipinski definition) is 9. The molecule has 0 saturated carbocycles. The molecule has 9 nitrogen and oxygen atoms in total. The zero-order chi connectivity index (χ0) is 19.9. The molecule has 1 atom stereocenters. The van der Waals surface area contributed by atoms with Crippen LogP contribution >= 0.6 is 11.3 Å². The van der Waals surface area contributed by atoms with E-state index in [0.29, 0.717) is 18.3 Å². The molecule has 10 heteroatoms. The number of aryl methyl sites for hydroxylation is 1. The summed E-state index contributed by atoms with van der Waals surface area (Å²) < 4.78 is 15.7. The third kappa shape index (κ3) is 5.81. The predicted molar refractivity (Wildman–Crippen MR) is 103 cm³/mol. The van der Waals surface area contributed by atoms with Crippen molar-refractivity contribution in [1.82, 2.24) is 24.9 Å². The maximum absolute atomic E-state index is 12.4. The Morgan fingerprint density at radius 3 is 2.93 bits per heavy atom. The Bertz CT molecular complexity index is 765. The second-order valence-electron chi connectivity index (χ2n) is 6.79. The summed E-state index contributed by atoms with van der Waals surface area (Å²) in [6.07, 6.45) is 0.951. The number of aromatic nitrogens is 3. The Hall–Kier alpha value is -1.88. The SMILES string of the molecule is CO[C@H](C)c1nc(CN2CCCN(C(=O)COCc3nc(C)no3)CC2)cs1. The Morgan fingerprint density at radius 2 is 2.18 bits per heavy atom. The lowest BCUT2D eigenvalue weighted by Gasteiger charge is -2.21. The summed E-state index contributed by atoms with van der Waals surface area (Å²) in [4.78, 5) is 25.3. The summed E-state index contributed by atoms with van der Waals surface area (Å²) >= 11 is 1.63. The largest absolute Gasteiger partial charge is 0.375 e. The highest BCUT2D eigenvalue weighted by Gasteiger charge is 2.20. The molecule has 1 amide bonds. The summed E-state index contributed by atoms with van der Waals surface area (Å²) in [7, 11) is 1.69. The van der Waals surface area contributed by atoms with Gasteiger partial charge in [0.05, 0.1) is 5.69 Å². The van der Waals surface area contributed by atoms with E-state index >= 15 is 0 Å². The molecule has 28 heavy (non-hydrogen) atoms. The minimum Gasteiger partial charge on any atom is -0.375 e. The van der Waals surface area contributed by atoms with E-state index in [1.54, 1.807) is 25.4 Å². The number of amides is 1. The van der Waals surface area contributed by atoms with Crippen molar-refractivity contribution in [2.45, 2.75) is 39.5 Å². The van der Waals surface area contributed by atoms with Crippen LogP contribution in [0.1, 0.15) is 41.9 Å². The highest BCUT2D eigenvalue weighted by molar-refractivity contribution is 7.09. The van der Waals surface area contributed by atoms with Gasteiger partial charge >= 0.3 is 0 Å². The van der Waals surface area contributed by atoms with Crippen molar-refractivity contribution in [2.75, 3.05) is 39.9 Å². The molecule has 1 aliphatic rings. The van der Waals surface area contributed by atoms with Crippen LogP contribution in [0, 0.1) is 6.92 Å². The molecule has 0 radical (unpaired) electrons. The lowest BCUT2D eigenvalue weighted by Crippen LogP contribution is -2.37. The second-order valence-corrected chi connectivity index (χ2v) is 7.68. The van der Waals surface area contributed by atoms with Gasteiger partial charge in [0, 0.05) is 45.2 Å². The van der Waals surface area contributed by atoms with Crippen LogP contribution in [0.3, 0.4) is 0 Å². The molecular weight excluding hydrogens is 382 g/mol. The molecule has 0 aliphatic carbocycles. The van der Waals surface area contributed by atoms with Gasteiger partial charge in [0.25, 0.3) is 5.89 Å². The van der Waals surface area contributed by atoms with Crippen molar-refractivity contribution in [3.63, 3.8) is 0 Å². The fraction of sp³-hybridized carbons (Fsp3) is 0.667. The van der Waals surface area contributed by atoms with Gasteiger partial charge in [-0.1, -0.05) is 5.16 Å². The maximum Gasteiger partial charge on any atom is 0.252 e. The number of carbonyl (C=O) groups is 1. The highest BCUT2D eigenvalue weighted by atomic mass is 32.1. The molecule has 0 N–H and O–H groups in total. The highest BCUT2D eigenvalue weighted by Crippen LogP contribution is 2.21. The van der Waals surface area contributed by atoms with E-state index in [1.165, 1.54) is 0 Å². The number of nitrogens with zero attached hydrogens (tertiary/aromatic N) is 5. The Balaban J connectivity index is 1.42. The number of hydrogen-bond donors (Lipinski definition) is 0. The van der Waals surface area contributed by atoms with Crippen LogP contribution in [0.25, 0.3) is 0 Å². The topological polar surface area (TPSA) is 93.8 Å². The van der Waals surface area contributed by atoms with Gasteiger partial charge in [-0.2, -0.15) is 4.98 Å². The van der Waals surface area contributed by atoms with E-state index in [2.05, 4.69) is 25.4 Å². The first-order valence-electron chi connectivity index (χ1n) is 9.39. The first-order chi connectivity index (χ1) is 13.5. The average molecular weight is 410 g/mol. The first kappa shape index (κ1) is 20.8. The van der Waals surface area contributed by atoms with Gasteiger partial charge in [-0.3, -0.25) is 9.69 Å². The van der Waals surface area contributed by atoms with Gasteiger partial charge in [-0.05, 0) is 20.3 Å². The van der Waals surface area contributed by atoms with Gasteiger partial charge < -0.3 is 18.9 Å². The normalized spacial score (nSPS) is 16.9. The van der Waals surface area contributed by atoms with Gasteiger partial charge in [0.15, 0.2) is 5.82 Å². The van der Waals surface area contributed by atoms with E-state index in [1.807, 2.05) is 11.8 Å². The van der Waals surface area contributed by atoms with Crippen LogP contribution in [0.15, 0.2) is 9.90 Å². The van der Waals surface area contributed by atoms with Crippen LogP contribution < -0.4 is 0 Å². The molecule has 0 aromatic carbocycles. The van der Waals surface area contributed by atoms with Gasteiger partial charge in [0.1, 0.15) is 24.3 Å². The molecule has 154 valence electrons. The fourth-order valence-corrected chi connectivity index (χ4v) is 3.85. The molecule has 1 saturated heterocycles. The molecule has 3 heterocycles. The zero-order valence-corrected chi connectivity index (χ0v) is 17.4. The van der Waals surface area contributed by atoms with Gasteiger partial charge in [0.2, 0.25) is 5.91 Å². The Labute approximate surface area is 168 Å². The minimum absolute atomic E-state index is 0.0112. The van der Waals surface area contributed by atoms with Crippen LogP contribution in [0.4, 0.5) is 0 Å². The van der Waals surface area contributed by atoms with Crippen molar-refractivity contribution >= 4 is 17.2 Å². The summed E-state index contributed by atoms with van der Waals surface area (Å²) in [5.74, 6) is 0.933. The van der Waals surface area contributed by atoms with Crippen molar-refractivity contribution in [1.29, 1.82) is 0 Å². The molecule has 2 aromatic heterocycles. The molecule has 1 aliphatic heterocycles. The molecule has 2 aromatic rings. The smallest absolute Gasteiger partial charge is 0.252 e. The average Bonchev–Trinajstić information content (AvgIpc) is 3.25. The number of thiazole rings is 1. The van der Waals surface area contributed by atoms with Crippen molar-refractivity contribution in [3.05, 3.63) is 27.8 Å². The molecular formula is C18H27N5O4S. The lowest BCUT2D eigenvalue weighted by molar-refractivity contribution is -0.136. The van der Waals surface area contributed by atoms with Crippen molar-refractivity contribution < 1.29 is 18.8 Å². The van der Waals surface area contributed by atoms with Gasteiger partial charge in [-0.25, -0.2) is 4.98 Å². The van der Waals surface area contributed by atoms with E-state index in [9.17, 15) is 4.79 Å². The number of carbonyl (C=O) groups excluding carboxylic acids is 1. The predicted octanol–water partition coefficient (Wildman–Crippen LogP) is 1.79. The third-order valence-corrected chi connectivity index (χ3v) is 5.67. The van der Waals surface area contributed by atoms with Crippen LogP contribution in [-0.2, 0) is 27.4 Å². The van der Waals surface area contributed by atoms with E-state index in [4.69, 9.17) is 14.0 Å². The molecule has 1 fully saturated rings. The van der Waals surface area contributed by atoms with E-state index in [0.717, 1.165) is 43.3 Å². The number of rotatable bonds is 8. The molecule has 0 spiro atoms. The standard InChI is InChI=1S/C18H27N5O4S/c1-13(25-3)18-20-15(12-28-18)9-22-5-4-6-23(8-7-22)17(24)11-26-10-16-19-14(2)21-27-16/h12-13H,4-11H2,1-3H3/t13-/m1/s1. The number of methoxy groups -OCH3 is 1. The third-order valence-electron chi connectivity index (χ3n) is 4.62. The summed E-state index contributed by atoms with van der Waals surface area (Å²) in [6, 6.07) is 0. The maximum atomic E-state index is 12.4. The van der Waals surface area contributed by atoms with Crippen LogP contribution in [-0.4, -0.2) is 70.7 Å². The molecule has 0 bridgehead atoms. The molecule has 0 unspecified atom stereocenters. The minimum atomic E-state index is -0.0112. The lowest BCUT2D eigenvalue weighted by atomic mass is 10.3. The monoisotopic (exact) mass is 409 g/mol.